The van der Waals surface area contributed by atoms with Crippen molar-refractivity contribution in [3.63, 3.8) is 0 Å². The zero-order valence-corrected chi connectivity index (χ0v) is 14.1. The van der Waals surface area contributed by atoms with Gasteiger partial charge in [-0.2, -0.15) is 4.31 Å². The van der Waals surface area contributed by atoms with Crippen molar-refractivity contribution in [3.05, 3.63) is 22.7 Å². The molecule has 1 atom stereocenters. The monoisotopic (exact) mass is 332 g/mol. The molecule has 0 aliphatic carbocycles. The Morgan fingerprint density at radius 1 is 1.43 bits per heavy atom. The van der Waals surface area contributed by atoms with E-state index >= 15 is 0 Å². The fourth-order valence-corrected chi connectivity index (χ4v) is 4.78. The number of nitrogens with zero attached hydrogens (tertiary/aromatic N) is 1. The summed E-state index contributed by atoms with van der Waals surface area (Å²) in [7, 11) is -2.02. The van der Waals surface area contributed by atoms with Crippen molar-refractivity contribution in [2.75, 3.05) is 25.9 Å². The third-order valence-electron chi connectivity index (χ3n) is 4.10. The van der Waals surface area contributed by atoms with Crippen LogP contribution in [0.1, 0.15) is 25.3 Å². The molecule has 1 heterocycles. The van der Waals surface area contributed by atoms with E-state index in [9.17, 15) is 8.42 Å². The molecule has 2 N–H and O–H groups in total. The molecule has 0 spiro atoms. The van der Waals surface area contributed by atoms with E-state index in [1.165, 1.54) is 10.4 Å². The van der Waals surface area contributed by atoms with E-state index < -0.39 is 15.6 Å². The van der Waals surface area contributed by atoms with Crippen molar-refractivity contribution in [2.24, 2.45) is 0 Å². The highest BCUT2D eigenvalue weighted by Crippen LogP contribution is 2.32. The molecule has 1 saturated heterocycles. The molecule has 0 bridgehead atoms. The number of methoxy groups -OCH3 is 1. The van der Waals surface area contributed by atoms with Gasteiger partial charge in [-0.05, 0) is 44.4 Å². The van der Waals surface area contributed by atoms with Gasteiger partial charge in [-0.25, -0.2) is 8.42 Å². The third-order valence-corrected chi connectivity index (χ3v) is 6.29. The number of sulfonamides is 1. The summed E-state index contributed by atoms with van der Waals surface area (Å²) >= 11 is 5.96. The number of anilines is 1. The van der Waals surface area contributed by atoms with Crippen LogP contribution in [-0.4, -0.2) is 38.5 Å². The predicted octanol–water partition coefficient (Wildman–Crippen LogP) is 2.42. The summed E-state index contributed by atoms with van der Waals surface area (Å²) < 4.78 is 32.7. The van der Waals surface area contributed by atoms with Crippen LogP contribution in [0.5, 0.6) is 0 Å². The van der Waals surface area contributed by atoms with E-state index in [-0.39, 0.29) is 4.90 Å². The van der Waals surface area contributed by atoms with Gasteiger partial charge in [-0.1, -0.05) is 11.6 Å². The molecule has 1 aromatic carbocycles. The maximum Gasteiger partial charge on any atom is 0.243 e. The van der Waals surface area contributed by atoms with Crippen LogP contribution in [-0.2, 0) is 14.8 Å². The quantitative estimate of drug-likeness (QED) is 0.863. The molecule has 5 nitrogen and oxygen atoms in total. The second kappa shape index (κ2) is 5.76. The second-order valence-electron chi connectivity index (χ2n) is 5.71. The number of rotatable bonds is 3. The van der Waals surface area contributed by atoms with Crippen molar-refractivity contribution in [3.8, 4) is 0 Å². The van der Waals surface area contributed by atoms with Gasteiger partial charge in [0.1, 0.15) is 0 Å². The van der Waals surface area contributed by atoms with Crippen LogP contribution >= 0.6 is 11.6 Å². The number of hydrogen-bond acceptors (Lipinski definition) is 4. The normalized spacial score (nSPS) is 24.2. The van der Waals surface area contributed by atoms with E-state index in [1.54, 1.807) is 20.1 Å². The molecular formula is C14H21ClN2O3S. The zero-order valence-electron chi connectivity index (χ0n) is 12.5. The minimum atomic E-state index is -3.63. The number of hydrogen-bond donors (Lipinski definition) is 1. The Morgan fingerprint density at radius 2 is 2.10 bits per heavy atom. The first-order valence-electron chi connectivity index (χ1n) is 6.80. The molecule has 1 aliphatic rings. The molecule has 0 saturated carbocycles. The van der Waals surface area contributed by atoms with Crippen molar-refractivity contribution >= 4 is 27.3 Å². The van der Waals surface area contributed by atoms with E-state index in [2.05, 4.69) is 0 Å². The van der Waals surface area contributed by atoms with E-state index in [0.717, 1.165) is 12.8 Å². The van der Waals surface area contributed by atoms with Gasteiger partial charge in [0.2, 0.25) is 10.0 Å². The molecule has 1 aliphatic heterocycles. The lowest BCUT2D eigenvalue weighted by molar-refractivity contribution is -0.0319. The van der Waals surface area contributed by atoms with Gasteiger partial charge < -0.3 is 10.5 Å². The average Bonchev–Trinajstić information content (AvgIpc) is 2.42. The van der Waals surface area contributed by atoms with Crippen LogP contribution in [0.3, 0.4) is 0 Å². The van der Waals surface area contributed by atoms with Gasteiger partial charge in [-0.15, -0.1) is 0 Å². The van der Waals surface area contributed by atoms with Gasteiger partial charge in [0.25, 0.3) is 0 Å². The third kappa shape index (κ3) is 3.18. The first-order chi connectivity index (χ1) is 9.69. The Kier molecular flexibility index (Phi) is 4.54. The Balaban J connectivity index is 2.43. The lowest BCUT2D eigenvalue weighted by Crippen LogP contribution is -2.49. The first-order valence-corrected chi connectivity index (χ1v) is 8.62. The van der Waals surface area contributed by atoms with Crippen LogP contribution in [0.4, 0.5) is 5.69 Å². The molecule has 0 radical (unpaired) electrons. The minimum absolute atomic E-state index is 0.174. The molecule has 21 heavy (non-hydrogen) atoms. The van der Waals surface area contributed by atoms with Crippen LogP contribution in [0.15, 0.2) is 17.0 Å². The van der Waals surface area contributed by atoms with E-state index in [0.29, 0.717) is 29.4 Å². The minimum Gasteiger partial charge on any atom is -0.398 e. The van der Waals surface area contributed by atoms with Gasteiger partial charge in [0, 0.05) is 30.9 Å². The van der Waals surface area contributed by atoms with Gasteiger partial charge in [-0.3, -0.25) is 0 Å². The average molecular weight is 333 g/mol. The smallest absolute Gasteiger partial charge is 0.243 e. The Hall–Kier alpha value is -0.820. The second-order valence-corrected chi connectivity index (χ2v) is 8.06. The molecular weight excluding hydrogens is 312 g/mol. The highest BCUT2D eigenvalue weighted by Gasteiger charge is 2.37. The van der Waals surface area contributed by atoms with Crippen LogP contribution in [0.25, 0.3) is 0 Å². The van der Waals surface area contributed by atoms with Crippen molar-refractivity contribution in [1.82, 2.24) is 4.31 Å². The number of benzene rings is 1. The summed E-state index contributed by atoms with van der Waals surface area (Å²) in [6.45, 7) is 4.43. The number of piperidine rings is 1. The van der Waals surface area contributed by atoms with E-state index in [1.807, 2.05) is 6.92 Å². The van der Waals surface area contributed by atoms with Crippen LogP contribution < -0.4 is 5.73 Å². The van der Waals surface area contributed by atoms with Gasteiger partial charge in [0.05, 0.1) is 10.5 Å². The van der Waals surface area contributed by atoms with Crippen molar-refractivity contribution in [1.29, 1.82) is 0 Å². The van der Waals surface area contributed by atoms with E-state index in [4.69, 9.17) is 22.1 Å². The summed E-state index contributed by atoms with van der Waals surface area (Å²) in [6, 6.07) is 3.02. The molecule has 1 unspecified atom stereocenters. The lowest BCUT2D eigenvalue weighted by atomic mass is 9.96. The van der Waals surface area contributed by atoms with Crippen LogP contribution in [0.2, 0.25) is 5.02 Å². The summed E-state index contributed by atoms with van der Waals surface area (Å²) in [5.41, 5.74) is 6.29. The summed E-state index contributed by atoms with van der Waals surface area (Å²) in [5, 5.41) is 0.322. The van der Waals surface area contributed by atoms with Crippen molar-refractivity contribution in [2.45, 2.75) is 37.2 Å². The summed E-state index contributed by atoms with van der Waals surface area (Å²) in [4.78, 5) is 0.174. The fraction of sp³-hybridized carbons (Fsp3) is 0.571. The Labute approximate surface area is 131 Å². The molecule has 1 aromatic rings. The Bertz CT molecular complexity index is 648. The molecule has 118 valence electrons. The summed E-state index contributed by atoms with van der Waals surface area (Å²) in [5.74, 6) is 0. The van der Waals surface area contributed by atoms with Crippen LogP contribution in [0, 0.1) is 6.92 Å². The SMILES string of the molecule is COC1(C)CCCN(S(=O)(=O)c2cc(Cl)cc(N)c2C)C1. The highest BCUT2D eigenvalue weighted by atomic mass is 35.5. The number of nitrogen functional groups attached to an aromatic ring is 1. The zero-order chi connectivity index (χ0) is 15.8. The molecule has 0 amide bonds. The lowest BCUT2D eigenvalue weighted by Gasteiger charge is -2.38. The number of ether oxygens (including phenoxy) is 1. The van der Waals surface area contributed by atoms with Crippen molar-refractivity contribution < 1.29 is 13.2 Å². The maximum atomic E-state index is 12.9. The number of halogens is 1. The molecule has 2 rings (SSSR count). The number of nitrogens with two attached hydrogens (primary N) is 1. The first kappa shape index (κ1) is 16.5. The fourth-order valence-electron chi connectivity index (χ4n) is 2.61. The van der Waals surface area contributed by atoms with Gasteiger partial charge in [0.15, 0.2) is 0 Å². The standard InChI is InChI=1S/C14H21ClN2O3S/c1-10-12(16)7-11(15)8-13(10)21(18,19)17-6-4-5-14(2,9-17)20-3/h7-8H,4-6,9,16H2,1-3H3. The largest absolute Gasteiger partial charge is 0.398 e. The predicted molar refractivity (Wildman–Crippen MR) is 84.0 cm³/mol. The highest BCUT2D eigenvalue weighted by molar-refractivity contribution is 7.89. The maximum absolute atomic E-state index is 12.9. The molecule has 7 heteroatoms. The topological polar surface area (TPSA) is 72.6 Å². The van der Waals surface area contributed by atoms with Gasteiger partial charge >= 0.3 is 0 Å². The molecule has 1 fully saturated rings. The summed E-state index contributed by atoms with van der Waals surface area (Å²) in [6.07, 6.45) is 1.60. The Morgan fingerprint density at radius 3 is 2.71 bits per heavy atom. The molecule has 0 aromatic heterocycles.